The summed E-state index contributed by atoms with van der Waals surface area (Å²) < 4.78 is 5.51. The number of nitrogens with zero attached hydrogens (tertiary/aromatic N) is 1. The molecule has 0 aromatic heterocycles. The summed E-state index contributed by atoms with van der Waals surface area (Å²) in [5.74, 6) is 0.495. The van der Waals surface area contributed by atoms with Crippen LogP contribution in [0.15, 0.2) is 72.8 Å². The van der Waals surface area contributed by atoms with E-state index in [0.29, 0.717) is 16.8 Å². The third kappa shape index (κ3) is 5.34. The van der Waals surface area contributed by atoms with Crippen molar-refractivity contribution in [3.05, 3.63) is 89.5 Å². The molecule has 1 heterocycles. The molecular formula is C27H29N3O3. The summed E-state index contributed by atoms with van der Waals surface area (Å²) in [5, 5.41) is 6.10. The number of carbonyl (C=O) groups excluding carboxylic acids is 2. The summed E-state index contributed by atoms with van der Waals surface area (Å²) in [5.41, 5.74) is 3.68. The van der Waals surface area contributed by atoms with Crippen LogP contribution in [0.4, 0.5) is 11.4 Å². The van der Waals surface area contributed by atoms with E-state index < -0.39 is 0 Å². The van der Waals surface area contributed by atoms with Crippen LogP contribution in [0.5, 0.6) is 5.75 Å². The predicted octanol–water partition coefficient (Wildman–Crippen LogP) is 4.65. The Morgan fingerprint density at radius 2 is 1.70 bits per heavy atom. The van der Waals surface area contributed by atoms with Crippen LogP contribution in [0, 0.1) is 6.92 Å². The van der Waals surface area contributed by atoms with Crippen molar-refractivity contribution < 1.29 is 14.3 Å². The first-order chi connectivity index (χ1) is 16.0. The number of ether oxygens (including phenoxy) is 1. The average Bonchev–Trinajstić information content (AvgIpc) is 2.86. The molecule has 1 aliphatic rings. The lowest BCUT2D eigenvalue weighted by molar-refractivity contribution is 0.0932. The molecule has 4 rings (SSSR count). The second-order valence-corrected chi connectivity index (χ2v) is 8.28. The first-order valence-corrected chi connectivity index (χ1v) is 11.2. The van der Waals surface area contributed by atoms with Crippen LogP contribution in [0.25, 0.3) is 0 Å². The monoisotopic (exact) mass is 443 g/mol. The summed E-state index contributed by atoms with van der Waals surface area (Å²) >= 11 is 0. The lowest BCUT2D eigenvalue weighted by atomic mass is 10.0. The summed E-state index contributed by atoms with van der Waals surface area (Å²) in [7, 11) is 1.67. The first-order valence-electron chi connectivity index (χ1n) is 11.2. The number of aryl methyl sites for hydroxylation is 1. The predicted molar refractivity (Wildman–Crippen MR) is 131 cm³/mol. The van der Waals surface area contributed by atoms with Crippen LogP contribution in [-0.4, -0.2) is 38.1 Å². The third-order valence-corrected chi connectivity index (χ3v) is 5.97. The molecule has 0 radical (unpaired) electrons. The molecule has 0 saturated carbocycles. The van der Waals surface area contributed by atoms with Gasteiger partial charge in [-0.15, -0.1) is 0 Å². The molecule has 1 unspecified atom stereocenters. The second-order valence-electron chi connectivity index (χ2n) is 8.28. The average molecular weight is 444 g/mol. The Morgan fingerprint density at radius 3 is 2.48 bits per heavy atom. The lowest BCUT2D eigenvalue weighted by Gasteiger charge is -2.35. The number of carbonyl (C=O) groups is 2. The van der Waals surface area contributed by atoms with E-state index in [1.807, 2.05) is 55.5 Å². The van der Waals surface area contributed by atoms with Crippen LogP contribution < -0.4 is 20.3 Å². The fourth-order valence-electron chi connectivity index (χ4n) is 4.16. The van der Waals surface area contributed by atoms with Crippen LogP contribution >= 0.6 is 0 Å². The standard InChI is InChI=1S/C27H29N3O3/c1-19-14-15-21(17-23(19)29-26(31)20-9-4-3-5-10-20)27(32)28-22-11-8-16-30(18-22)24-12-6-7-13-25(24)33-2/h3-7,9-10,12-15,17,22H,8,11,16,18H2,1-2H3,(H,28,32)(H,29,31). The molecule has 3 aromatic rings. The highest BCUT2D eigenvalue weighted by atomic mass is 16.5. The second kappa shape index (κ2) is 10.2. The molecule has 6 heteroatoms. The zero-order valence-corrected chi connectivity index (χ0v) is 19.0. The van der Waals surface area contributed by atoms with Gasteiger partial charge >= 0.3 is 0 Å². The summed E-state index contributed by atoms with van der Waals surface area (Å²) in [6.45, 7) is 3.55. The van der Waals surface area contributed by atoms with Gasteiger partial charge in [-0.2, -0.15) is 0 Å². The van der Waals surface area contributed by atoms with Gasteiger partial charge in [0.1, 0.15) is 5.75 Å². The maximum absolute atomic E-state index is 13.0. The van der Waals surface area contributed by atoms with Gasteiger partial charge < -0.3 is 20.3 Å². The van der Waals surface area contributed by atoms with Crippen LogP contribution in [0.2, 0.25) is 0 Å². The van der Waals surface area contributed by atoms with Crippen LogP contribution in [0.3, 0.4) is 0 Å². The van der Waals surface area contributed by atoms with E-state index in [-0.39, 0.29) is 17.9 Å². The van der Waals surface area contributed by atoms with E-state index >= 15 is 0 Å². The number of piperidine rings is 1. The number of para-hydroxylation sites is 2. The summed E-state index contributed by atoms with van der Waals surface area (Å²) in [6, 6.07) is 22.4. The molecule has 1 fully saturated rings. The van der Waals surface area contributed by atoms with Gasteiger partial charge in [-0.3, -0.25) is 9.59 Å². The molecule has 0 spiro atoms. The number of rotatable bonds is 6. The Hall–Kier alpha value is -3.80. The number of anilines is 2. The van der Waals surface area contributed by atoms with E-state index in [0.717, 1.165) is 42.9 Å². The van der Waals surface area contributed by atoms with Gasteiger partial charge in [0, 0.05) is 35.9 Å². The molecule has 0 aliphatic carbocycles. The van der Waals surface area contributed by atoms with E-state index in [1.54, 1.807) is 31.4 Å². The van der Waals surface area contributed by atoms with E-state index in [4.69, 9.17) is 4.74 Å². The highest BCUT2D eigenvalue weighted by Gasteiger charge is 2.24. The fourth-order valence-corrected chi connectivity index (χ4v) is 4.16. The highest BCUT2D eigenvalue weighted by molar-refractivity contribution is 6.05. The van der Waals surface area contributed by atoms with E-state index in [1.165, 1.54) is 0 Å². The smallest absolute Gasteiger partial charge is 0.255 e. The third-order valence-electron chi connectivity index (χ3n) is 5.97. The molecule has 170 valence electrons. The molecule has 1 aliphatic heterocycles. The maximum atomic E-state index is 13.0. The minimum absolute atomic E-state index is 0.0276. The number of nitrogens with one attached hydrogen (secondary N) is 2. The van der Waals surface area contributed by atoms with Crippen LogP contribution in [-0.2, 0) is 0 Å². The van der Waals surface area contributed by atoms with Crippen molar-refractivity contribution in [2.24, 2.45) is 0 Å². The minimum Gasteiger partial charge on any atom is -0.495 e. The normalized spacial score (nSPS) is 15.6. The number of benzene rings is 3. The van der Waals surface area contributed by atoms with Gasteiger partial charge in [0.15, 0.2) is 0 Å². The largest absolute Gasteiger partial charge is 0.495 e. The zero-order valence-electron chi connectivity index (χ0n) is 19.0. The quantitative estimate of drug-likeness (QED) is 0.582. The number of amides is 2. The van der Waals surface area contributed by atoms with Gasteiger partial charge in [0.05, 0.1) is 12.8 Å². The van der Waals surface area contributed by atoms with Crippen molar-refractivity contribution in [1.82, 2.24) is 5.32 Å². The zero-order chi connectivity index (χ0) is 23.2. The van der Waals surface area contributed by atoms with E-state index in [9.17, 15) is 9.59 Å². The van der Waals surface area contributed by atoms with Crippen molar-refractivity contribution in [1.29, 1.82) is 0 Å². The fraction of sp³-hybridized carbons (Fsp3) is 0.259. The van der Waals surface area contributed by atoms with Crippen molar-refractivity contribution in [3.63, 3.8) is 0 Å². The van der Waals surface area contributed by atoms with Crippen LogP contribution in [0.1, 0.15) is 39.1 Å². The van der Waals surface area contributed by atoms with Crippen molar-refractivity contribution in [2.45, 2.75) is 25.8 Å². The molecule has 2 amide bonds. The Morgan fingerprint density at radius 1 is 0.939 bits per heavy atom. The maximum Gasteiger partial charge on any atom is 0.255 e. The molecule has 1 atom stereocenters. The molecule has 2 N–H and O–H groups in total. The molecule has 33 heavy (non-hydrogen) atoms. The summed E-state index contributed by atoms with van der Waals surface area (Å²) in [6.07, 6.45) is 1.90. The van der Waals surface area contributed by atoms with Gasteiger partial charge in [0.25, 0.3) is 11.8 Å². The molecule has 1 saturated heterocycles. The molecule has 6 nitrogen and oxygen atoms in total. The molecule has 3 aromatic carbocycles. The van der Waals surface area contributed by atoms with Crippen molar-refractivity contribution in [3.8, 4) is 5.75 Å². The Bertz CT molecular complexity index is 1130. The Balaban J connectivity index is 1.44. The first kappa shape index (κ1) is 22.4. The van der Waals surface area contributed by atoms with Gasteiger partial charge in [-0.25, -0.2) is 0 Å². The molecule has 0 bridgehead atoms. The Labute approximate surface area is 194 Å². The van der Waals surface area contributed by atoms with Gasteiger partial charge in [-0.05, 0) is 61.7 Å². The summed E-state index contributed by atoms with van der Waals surface area (Å²) in [4.78, 5) is 27.8. The lowest BCUT2D eigenvalue weighted by Crippen LogP contribution is -2.47. The highest BCUT2D eigenvalue weighted by Crippen LogP contribution is 2.30. The topological polar surface area (TPSA) is 70.7 Å². The van der Waals surface area contributed by atoms with E-state index in [2.05, 4.69) is 15.5 Å². The number of hydrogen-bond donors (Lipinski definition) is 2. The van der Waals surface area contributed by atoms with Gasteiger partial charge in [-0.1, -0.05) is 36.4 Å². The number of hydrogen-bond acceptors (Lipinski definition) is 4. The Kier molecular flexibility index (Phi) is 6.93. The SMILES string of the molecule is COc1ccccc1N1CCCC(NC(=O)c2ccc(C)c(NC(=O)c3ccccc3)c2)C1. The number of methoxy groups -OCH3 is 1. The minimum atomic E-state index is -0.198. The van der Waals surface area contributed by atoms with Crippen molar-refractivity contribution >= 4 is 23.2 Å². The van der Waals surface area contributed by atoms with Crippen molar-refractivity contribution in [2.75, 3.05) is 30.4 Å². The van der Waals surface area contributed by atoms with Gasteiger partial charge in [0.2, 0.25) is 0 Å². The molecular weight excluding hydrogens is 414 g/mol.